The van der Waals surface area contributed by atoms with E-state index in [-0.39, 0.29) is 11.5 Å². The van der Waals surface area contributed by atoms with Gasteiger partial charge in [0, 0.05) is 7.05 Å². The van der Waals surface area contributed by atoms with Gasteiger partial charge in [-0.1, -0.05) is 0 Å². The highest BCUT2D eigenvalue weighted by Gasteiger charge is 2.11. The number of nitrogens with zero attached hydrogens (tertiary/aromatic N) is 1. The van der Waals surface area contributed by atoms with Gasteiger partial charge in [0.25, 0.3) is 5.91 Å². The number of amides is 1. The van der Waals surface area contributed by atoms with Gasteiger partial charge >= 0.3 is 0 Å². The lowest BCUT2D eigenvalue weighted by atomic mass is 10.4. The Morgan fingerprint density at radius 3 is 2.83 bits per heavy atom. The summed E-state index contributed by atoms with van der Waals surface area (Å²) in [4.78, 5) is 17.2. The zero-order valence-corrected chi connectivity index (χ0v) is 6.51. The van der Waals surface area contributed by atoms with E-state index < -0.39 is 5.91 Å². The Hall–Kier alpha value is -1.96. The van der Waals surface area contributed by atoms with Gasteiger partial charge in [-0.05, 0) is 5.92 Å². The second-order valence-electron chi connectivity index (χ2n) is 2.07. The van der Waals surface area contributed by atoms with Gasteiger partial charge in [0.1, 0.15) is 5.69 Å². The SMILES string of the molecule is C#Cc1nc(NC)c(C(N)=O)[nH]1. The first-order valence-electron chi connectivity index (χ1n) is 3.23. The van der Waals surface area contributed by atoms with Crippen LogP contribution in [0.3, 0.4) is 0 Å². The molecule has 5 heteroatoms. The minimum absolute atomic E-state index is 0.199. The van der Waals surface area contributed by atoms with Crippen molar-refractivity contribution in [3.8, 4) is 12.3 Å². The molecule has 0 fully saturated rings. The van der Waals surface area contributed by atoms with E-state index in [9.17, 15) is 4.79 Å². The molecule has 1 aromatic rings. The molecule has 0 bridgehead atoms. The molecule has 12 heavy (non-hydrogen) atoms. The van der Waals surface area contributed by atoms with Gasteiger partial charge < -0.3 is 16.0 Å². The molecule has 1 amide bonds. The quantitative estimate of drug-likeness (QED) is 0.517. The average Bonchev–Trinajstić information content (AvgIpc) is 2.47. The molecule has 0 aliphatic rings. The zero-order chi connectivity index (χ0) is 9.14. The van der Waals surface area contributed by atoms with E-state index in [0.717, 1.165) is 0 Å². The summed E-state index contributed by atoms with van der Waals surface area (Å²) in [5, 5.41) is 2.69. The molecule has 0 atom stereocenters. The monoisotopic (exact) mass is 164 g/mol. The van der Waals surface area contributed by atoms with Crippen LogP contribution in [-0.4, -0.2) is 22.9 Å². The minimum Gasteiger partial charge on any atom is -0.371 e. The predicted molar refractivity (Wildman–Crippen MR) is 44.6 cm³/mol. The van der Waals surface area contributed by atoms with Gasteiger partial charge in [-0.15, -0.1) is 6.42 Å². The van der Waals surface area contributed by atoms with Crippen molar-refractivity contribution in [2.24, 2.45) is 5.73 Å². The van der Waals surface area contributed by atoms with Crippen LogP contribution < -0.4 is 11.1 Å². The van der Waals surface area contributed by atoms with E-state index in [4.69, 9.17) is 12.2 Å². The largest absolute Gasteiger partial charge is 0.371 e. The summed E-state index contributed by atoms with van der Waals surface area (Å²) in [5.41, 5.74) is 5.24. The van der Waals surface area contributed by atoms with Crippen LogP contribution in [-0.2, 0) is 0 Å². The fourth-order valence-electron chi connectivity index (χ4n) is 0.801. The fourth-order valence-corrected chi connectivity index (χ4v) is 0.801. The number of hydrogen-bond donors (Lipinski definition) is 3. The number of aromatic nitrogens is 2. The maximum Gasteiger partial charge on any atom is 0.269 e. The van der Waals surface area contributed by atoms with Crippen molar-refractivity contribution in [1.29, 1.82) is 0 Å². The third kappa shape index (κ3) is 1.22. The number of primary amides is 1. The van der Waals surface area contributed by atoms with Crippen LogP contribution in [0.1, 0.15) is 16.3 Å². The van der Waals surface area contributed by atoms with Crippen LogP contribution >= 0.6 is 0 Å². The summed E-state index contributed by atoms with van der Waals surface area (Å²) in [6, 6.07) is 0. The van der Waals surface area contributed by atoms with Gasteiger partial charge in [0.15, 0.2) is 11.6 Å². The third-order valence-electron chi connectivity index (χ3n) is 1.32. The molecule has 0 saturated carbocycles. The van der Waals surface area contributed by atoms with Gasteiger partial charge in [0.05, 0.1) is 0 Å². The zero-order valence-electron chi connectivity index (χ0n) is 6.51. The molecule has 0 aliphatic carbocycles. The van der Waals surface area contributed by atoms with Crippen molar-refractivity contribution in [1.82, 2.24) is 9.97 Å². The van der Waals surface area contributed by atoms with Gasteiger partial charge in [0.2, 0.25) is 0 Å². The van der Waals surface area contributed by atoms with Crippen LogP contribution in [0.5, 0.6) is 0 Å². The van der Waals surface area contributed by atoms with E-state index in [1.54, 1.807) is 7.05 Å². The topological polar surface area (TPSA) is 83.8 Å². The number of imidazole rings is 1. The Bertz CT molecular complexity index is 347. The summed E-state index contributed by atoms with van der Waals surface area (Å²) in [7, 11) is 1.63. The second kappa shape index (κ2) is 2.96. The van der Waals surface area contributed by atoms with Gasteiger partial charge in [-0.25, -0.2) is 4.98 Å². The van der Waals surface area contributed by atoms with Crippen molar-refractivity contribution < 1.29 is 4.79 Å². The average molecular weight is 164 g/mol. The van der Waals surface area contributed by atoms with E-state index in [1.165, 1.54) is 0 Å². The molecule has 0 unspecified atom stereocenters. The van der Waals surface area contributed by atoms with E-state index in [2.05, 4.69) is 21.2 Å². The number of H-pyrrole nitrogens is 1. The molecular weight excluding hydrogens is 156 g/mol. The van der Waals surface area contributed by atoms with Crippen LogP contribution in [0.4, 0.5) is 5.82 Å². The van der Waals surface area contributed by atoms with Crippen molar-refractivity contribution in [3.63, 3.8) is 0 Å². The highest BCUT2D eigenvalue weighted by molar-refractivity contribution is 5.95. The van der Waals surface area contributed by atoms with Crippen molar-refractivity contribution in [3.05, 3.63) is 11.5 Å². The van der Waals surface area contributed by atoms with E-state index in [1.807, 2.05) is 0 Å². The number of aromatic amines is 1. The van der Waals surface area contributed by atoms with Gasteiger partial charge in [-0.2, -0.15) is 0 Å². The number of nitrogens with one attached hydrogen (secondary N) is 2. The molecule has 0 aliphatic heterocycles. The Kier molecular flexibility index (Phi) is 2.01. The first-order valence-corrected chi connectivity index (χ1v) is 3.23. The number of hydrogen-bond acceptors (Lipinski definition) is 3. The number of anilines is 1. The maximum absolute atomic E-state index is 10.8. The molecule has 1 rings (SSSR count). The molecular formula is C7H8N4O. The summed E-state index contributed by atoms with van der Waals surface area (Å²) in [6.07, 6.45) is 5.06. The van der Waals surface area contributed by atoms with Crippen molar-refractivity contribution in [2.75, 3.05) is 12.4 Å². The van der Waals surface area contributed by atoms with E-state index in [0.29, 0.717) is 5.82 Å². The number of carbonyl (C=O) groups excluding carboxylic acids is 1. The van der Waals surface area contributed by atoms with E-state index >= 15 is 0 Å². The lowest BCUT2D eigenvalue weighted by molar-refractivity contribution is 0.0997. The summed E-state index contributed by atoms with van der Waals surface area (Å²) < 4.78 is 0. The van der Waals surface area contributed by atoms with Crippen LogP contribution in [0.25, 0.3) is 0 Å². The first-order chi connectivity index (χ1) is 5.69. The highest BCUT2D eigenvalue weighted by atomic mass is 16.1. The molecule has 0 aromatic carbocycles. The molecule has 1 aromatic heterocycles. The van der Waals surface area contributed by atoms with Crippen LogP contribution in [0.15, 0.2) is 0 Å². The smallest absolute Gasteiger partial charge is 0.269 e. The number of terminal acetylenes is 1. The number of nitrogens with two attached hydrogens (primary N) is 1. The lowest BCUT2D eigenvalue weighted by Crippen LogP contribution is -2.13. The summed E-state index contributed by atoms with van der Waals surface area (Å²) in [6.45, 7) is 0. The highest BCUT2D eigenvalue weighted by Crippen LogP contribution is 2.09. The Balaban J connectivity index is 3.19. The second-order valence-corrected chi connectivity index (χ2v) is 2.07. The molecule has 62 valence electrons. The maximum atomic E-state index is 10.8. The van der Waals surface area contributed by atoms with Crippen molar-refractivity contribution in [2.45, 2.75) is 0 Å². The van der Waals surface area contributed by atoms with Gasteiger partial charge in [-0.3, -0.25) is 4.79 Å². The molecule has 4 N–H and O–H groups in total. The Labute approximate surface area is 69.4 Å². The standard InChI is InChI=1S/C7H8N4O/c1-3-4-10-5(6(8)12)7(9-2)11-4/h1,9H,2H3,(H2,8,12)(H,10,11). The van der Waals surface area contributed by atoms with Crippen LogP contribution in [0, 0.1) is 12.3 Å². The Morgan fingerprint density at radius 2 is 2.50 bits per heavy atom. The molecule has 1 heterocycles. The number of rotatable bonds is 2. The molecule has 0 saturated heterocycles. The molecule has 0 radical (unpaired) electrons. The minimum atomic E-state index is -0.589. The number of carbonyl (C=O) groups is 1. The van der Waals surface area contributed by atoms with Crippen LogP contribution in [0.2, 0.25) is 0 Å². The summed E-state index contributed by atoms with van der Waals surface area (Å²) >= 11 is 0. The molecule has 5 nitrogen and oxygen atoms in total. The predicted octanol–water partition coefficient (Wildman–Crippen LogP) is -0.468. The summed E-state index contributed by atoms with van der Waals surface area (Å²) in [5.74, 6) is 2.33. The normalized spacial score (nSPS) is 9.00. The van der Waals surface area contributed by atoms with Crippen molar-refractivity contribution >= 4 is 11.7 Å². The fraction of sp³-hybridized carbons (Fsp3) is 0.143. The Morgan fingerprint density at radius 1 is 1.83 bits per heavy atom. The molecule has 0 spiro atoms. The first kappa shape index (κ1) is 8.14. The lowest BCUT2D eigenvalue weighted by Gasteiger charge is -1.93. The third-order valence-corrected chi connectivity index (χ3v) is 1.32.